The van der Waals surface area contributed by atoms with Crippen LogP contribution in [0.3, 0.4) is 0 Å². The number of likely N-dealkylation sites (tertiary alicyclic amines) is 2. The number of aliphatic hydroxyl groups excluding tert-OH is 1. The molecule has 0 unspecified atom stereocenters. The Labute approximate surface area is 554 Å². The highest BCUT2D eigenvalue weighted by molar-refractivity contribution is 5.79. The molecule has 3 aromatic rings. The Kier molecular flexibility index (Phi) is 29.4. The first-order valence-electron chi connectivity index (χ1n) is 35.7. The van der Waals surface area contributed by atoms with Gasteiger partial charge in [0.15, 0.2) is 17.4 Å². The summed E-state index contributed by atoms with van der Waals surface area (Å²) in [4.78, 5) is 27.9. The summed E-state index contributed by atoms with van der Waals surface area (Å²) < 4.78 is 73.3. The van der Waals surface area contributed by atoms with E-state index in [-0.39, 0.29) is 53.5 Å². The standard InChI is InChI=1S/C22H33FN2O2.C20H29FN2O.C12H16FN.C10H19NO3.C10H17NO3/c1-24-21-8-9-22(26-11-12-27-22)14-19(21)16-25-10-2-3-18(15-25)13-17-4-6-20(23)7-5-17;1-22-20-9-8-19(24)12-17(20)14-23-10-2-3-16(13-23)11-15-4-6-18(21)7-5-15;13-12-5-3-10(4-6-12)8-11-2-1-7-14-9-11;2*1-11-9-2-3-10(6-8(9)7-12)13-4-5-14-10/h4-7,18-19,21,24H,2-3,8-16H2,1H3;4-7,16-17,20,22H,2-3,8-14H2,1H3;3-6,11,14H,1-2,7-9H2;8-9,11-12H,2-7H2,1H3;7-9,11H,2-6H2,1H3/t18-,19-,21+;16-,17-,20+;11-;2*8-,9+/m00000/s1. The van der Waals surface area contributed by atoms with E-state index < -0.39 is 5.79 Å². The number of ether oxygens (including phenoxy) is 6. The third kappa shape index (κ3) is 22.4. The van der Waals surface area contributed by atoms with E-state index in [0.29, 0.717) is 80.4 Å². The molecule has 6 aliphatic heterocycles. The van der Waals surface area contributed by atoms with Crippen molar-refractivity contribution in [2.75, 3.05) is 127 Å². The smallest absolute Gasteiger partial charge is 0.169 e. The number of nitrogens with one attached hydrogen (secondary N) is 5. The van der Waals surface area contributed by atoms with Gasteiger partial charge in [-0.3, -0.25) is 4.79 Å². The fourth-order valence-corrected chi connectivity index (χ4v) is 16.9. The second-order valence-corrected chi connectivity index (χ2v) is 28.4. The topological polar surface area (TPSA) is 176 Å². The summed E-state index contributed by atoms with van der Waals surface area (Å²) in [5, 5.41) is 26.0. The van der Waals surface area contributed by atoms with E-state index in [1.807, 2.05) is 57.5 Å². The number of benzene rings is 3. The van der Waals surface area contributed by atoms with Crippen molar-refractivity contribution in [2.45, 2.75) is 176 Å². The predicted octanol–water partition coefficient (Wildman–Crippen LogP) is 9.04. The fraction of sp³-hybridized carbons (Fsp3) is 0.730. The van der Waals surface area contributed by atoms with Gasteiger partial charge in [0.05, 0.1) is 39.6 Å². The second kappa shape index (κ2) is 37.3. The summed E-state index contributed by atoms with van der Waals surface area (Å²) in [5.74, 6) is 2.14. The number of carbonyl (C=O) groups is 2. The number of aliphatic hydroxyl groups is 1. The number of piperidine rings is 3. The Balaban J connectivity index is 0.000000141. The lowest BCUT2D eigenvalue weighted by Gasteiger charge is -2.44. The zero-order valence-corrected chi connectivity index (χ0v) is 56.6. The van der Waals surface area contributed by atoms with Crippen molar-refractivity contribution >= 4 is 12.1 Å². The number of rotatable bonds is 16. The van der Waals surface area contributed by atoms with Crippen LogP contribution in [0.5, 0.6) is 0 Å². The minimum atomic E-state index is -0.446. The monoisotopic (exact) mass is 1300 g/mol. The molecule has 4 saturated carbocycles. The van der Waals surface area contributed by atoms with E-state index in [0.717, 1.165) is 161 Å². The quantitative estimate of drug-likeness (QED) is 0.0749. The molecular weight excluding hydrogens is 1190 g/mol. The summed E-state index contributed by atoms with van der Waals surface area (Å²) in [6, 6.07) is 22.5. The van der Waals surface area contributed by atoms with Crippen molar-refractivity contribution < 1.29 is 56.3 Å². The number of aldehydes is 1. The van der Waals surface area contributed by atoms with Gasteiger partial charge in [-0.25, -0.2) is 13.2 Å². The molecule has 4 aliphatic carbocycles. The molecule has 10 aliphatic rings. The van der Waals surface area contributed by atoms with Gasteiger partial charge in [0.25, 0.3) is 0 Å². The normalized spacial score (nSPS) is 30.8. The minimum absolute atomic E-state index is 0.0202. The van der Waals surface area contributed by atoms with Crippen LogP contribution in [0, 0.1) is 58.9 Å². The number of nitrogens with zero attached hydrogens (tertiary/aromatic N) is 2. The van der Waals surface area contributed by atoms with Crippen molar-refractivity contribution in [3.8, 4) is 0 Å². The number of carbonyl (C=O) groups excluding carboxylic acids is 2. The molecular formula is C74H114F3N7O9. The number of hydrogen-bond acceptors (Lipinski definition) is 16. The molecule has 3 spiro atoms. The van der Waals surface area contributed by atoms with Crippen molar-refractivity contribution in [3.05, 3.63) is 107 Å². The molecule has 6 N–H and O–H groups in total. The molecule has 16 nitrogen and oxygen atoms in total. The maximum Gasteiger partial charge on any atom is 0.169 e. The van der Waals surface area contributed by atoms with Gasteiger partial charge in [0.1, 0.15) is 29.5 Å². The summed E-state index contributed by atoms with van der Waals surface area (Å²) in [6.07, 6.45) is 22.6. The third-order valence-corrected chi connectivity index (χ3v) is 21.9. The zero-order valence-electron chi connectivity index (χ0n) is 56.6. The van der Waals surface area contributed by atoms with Crippen molar-refractivity contribution in [3.63, 3.8) is 0 Å². The van der Waals surface area contributed by atoms with Crippen LogP contribution < -0.4 is 26.6 Å². The highest BCUT2D eigenvalue weighted by Crippen LogP contribution is 2.42. The highest BCUT2D eigenvalue weighted by atomic mass is 19.1. The molecule has 19 heteroatoms. The Hall–Kier alpha value is -3.77. The van der Waals surface area contributed by atoms with Gasteiger partial charge in [0, 0.05) is 120 Å². The first-order valence-corrected chi connectivity index (χ1v) is 35.7. The molecule has 0 aromatic heterocycles. The molecule has 6 saturated heterocycles. The molecule has 3 aromatic carbocycles. The molecule has 13 rings (SSSR count). The predicted molar refractivity (Wildman–Crippen MR) is 357 cm³/mol. The van der Waals surface area contributed by atoms with E-state index in [9.17, 15) is 27.9 Å². The summed E-state index contributed by atoms with van der Waals surface area (Å²) >= 11 is 0. The average Bonchev–Trinajstić information content (AvgIpc) is 1.82. The van der Waals surface area contributed by atoms with Gasteiger partial charge in [-0.1, -0.05) is 36.4 Å². The van der Waals surface area contributed by atoms with Crippen molar-refractivity contribution in [1.82, 2.24) is 36.4 Å². The van der Waals surface area contributed by atoms with Crippen LogP contribution in [0.25, 0.3) is 0 Å². The number of hydrogen-bond donors (Lipinski definition) is 6. The van der Waals surface area contributed by atoms with Gasteiger partial charge in [-0.2, -0.15) is 0 Å². The molecule has 6 heterocycles. The molecule has 0 radical (unpaired) electrons. The second-order valence-electron chi connectivity index (χ2n) is 28.4. The Morgan fingerprint density at radius 2 is 0.914 bits per heavy atom. The van der Waals surface area contributed by atoms with E-state index in [1.54, 1.807) is 36.4 Å². The lowest BCUT2D eigenvalue weighted by atomic mass is 9.79. The average molecular weight is 1300 g/mol. The Morgan fingerprint density at radius 3 is 1.34 bits per heavy atom. The minimum Gasteiger partial charge on any atom is -0.396 e. The van der Waals surface area contributed by atoms with E-state index in [4.69, 9.17) is 28.4 Å². The summed E-state index contributed by atoms with van der Waals surface area (Å²) in [7, 11) is 7.94. The van der Waals surface area contributed by atoms with Crippen LogP contribution in [0.15, 0.2) is 72.8 Å². The van der Waals surface area contributed by atoms with Gasteiger partial charge >= 0.3 is 0 Å². The molecule has 0 amide bonds. The number of ketones is 1. The van der Waals surface area contributed by atoms with Crippen LogP contribution in [0.2, 0.25) is 0 Å². The zero-order chi connectivity index (χ0) is 65.5. The molecule has 93 heavy (non-hydrogen) atoms. The Bertz CT molecular complexity index is 2630. The van der Waals surface area contributed by atoms with Gasteiger partial charge < -0.3 is 74.7 Å². The van der Waals surface area contributed by atoms with Crippen LogP contribution in [-0.2, 0) is 57.3 Å². The number of halogens is 3. The Morgan fingerprint density at radius 1 is 0.516 bits per heavy atom. The van der Waals surface area contributed by atoms with E-state index >= 15 is 0 Å². The van der Waals surface area contributed by atoms with Crippen LogP contribution >= 0.6 is 0 Å². The van der Waals surface area contributed by atoms with Gasteiger partial charge in [-0.15, -0.1) is 0 Å². The maximum atomic E-state index is 13.1. The molecule has 10 fully saturated rings. The number of Topliss-reactive ketones (excluding diaryl/α,β-unsaturated/α-hetero) is 1. The summed E-state index contributed by atoms with van der Waals surface area (Å²) in [6.45, 7) is 13.4. The van der Waals surface area contributed by atoms with Crippen LogP contribution in [0.4, 0.5) is 13.2 Å². The maximum absolute atomic E-state index is 13.1. The first-order chi connectivity index (χ1) is 45.2. The lowest BCUT2D eigenvalue weighted by molar-refractivity contribution is -0.193. The van der Waals surface area contributed by atoms with Gasteiger partial charge in [-0.05, 0) is 221 Å². The molecule has 520 valence electrons. The third-order valence-electron chi connectivity index (χ3n) is 21.9. The summed E-state index contributed by atoms with van der Waals surface area (Å²) in [5.41, 5.74) is 3.73. The largest absolute Gasteiger partial charge is 0.396 e. The highest BCUT2D eigenvalue weighted by Gasteiger charge is 2.47. The van der Waals surface area contributed by atoms with Gasteiger partial charge in [0.2, 0.25) is 0 Å². The van der Waals surface area contributed by atoms with E-state index in [2.05, 4.69) is 43.4 Å². The van der Waals surface area contributed by atoms with Crippen LogP contribution in [0.1, 0.15) is 132 Å². The fourth-order valence-electron chi connectivity index (χ4n) is 16.9. The van der Waals surface area contributed by atoms with Crippen molar-refractivity contribution in [1.29, 1.82) is 0 Å². The molecule has 11 atom stereocenters. The molecule has 0 bridgehead atoms. The SMILES string of the molecule is CN[C@@H]1CCC(=O)C[C@H]1CN1CCC[C@@H](Cc2ccc(F)cc2)C1.CN[C@@H]1CCC2(C[C@H]1C=O)OCCO2.CN[C@@H]1CCC2(C[C@H]1CN1CCC[C@@H](Cc3ccc(F)cc3)C1)OCCO2.CN[C@@H]1CCC2(C[C@H]1CO)OCCO2.Fc1ccc(C[C@@H]2CCCNC2)cc1. The first kappa shape index (κ1) is 73.5. The lowest BCUT2D eigenvalue weighted by Crippen LogP contribution is -2.51. The van der Waals surface area contributed by atoms with Crippen molar-refractivity contribution in [2.24, 2.45) is 41.4 Å². The van der Waals surface area contributed by atoms with Crippen LogP contribution in [-0.4, -0.2) is 195 Å². The van der Waals surface area contributed by atoms with E-state index in [1.165, 1.54) is 61.8 Å².